The first-order valence-electron chi connectivity index (χ1n) is 6.98. The molecule has 0 bridgehead atoms. The quantitative estimate of drug-likeness (QED) is 0.861. The fraction of sp³-hybridized carbons (Fsp3) is 0.500. The van der Waals surface area contributed by atoms with E-state index < -0.39 is 10.0 Å². The Morgan fingerprint density at radius 3 is 2.43 bits per heavy atom. The molecule has 1 aliphatic carbocycles. The van der Waals surface area contributed by atoms with E-state index in [0.29, 0.717) is 21.9 Å². The summed E-state index contributed by atoms with van der Waals surface area (Å²) in [4.78, 5) is 14.4. The molecule has 7 heteroatoms. The van der Waals surface area contributed by atoms with Gasteiger partial charge in [-0.3, -0.25) is 4.79 Å². The molecule has 2 atom stereocenters. The lowest BCUT2D eigenvalue weighted by molar-refractivity contribution is 0.0779. The fourth-order valence-corrected chi connectivity index (χ4v) is 4.37. The monoisotopic (exact) mass is 372 g/mol. The molecule has 2 unspecified atom stereocenters. The van der Waals surface area contributed by atoms with Crippen LogP contribution in [0.5, 0.6) is 0 Å². The zero-order valence-electron chi connectivity index (χ0n) is 11.5. The Kier molecular flexibility index (Phi) is 3.83. The van der Waals surface area contributed by atoms with Gasteiger partial charge in [-0.05, 0) is 58.8 Å². The van der Waals surface area contributed by atoms with E-state index in [1.807, 2.05) is 4.90 Å². The number of hydrogen-bond acceptors (Lipinski definition) is 3. The number of likely N-dealkylation sites (tertiary alicyclic amines) is 1. The molecule has 1 amide bonds. The van der Waals surface area contributed by atoms with E-state index in [1.165, 1.54) is 31.4 Å². The van der Waals surface area contributed by atoms with Gasteiger partial charge in [0.25, 0.3) is 5.91 Å². The Bertz CT molecular complexity index is 677. The standard InChI is InChI=1S/C14H17BrN2O3S/c15-13-5-4-11(21(16,19)20)6-12(13)14(18)17-7-9-2-1-3-10(9)8-17/h4-6,9-10H,1-3,7-8H2,(H2,16,19,20). The lowest BCUT2D eigenvalue weighted by Gasteiger charge is -2.18. The third-order valence-electron chi connectivity index (χ3n) is 4.51. The summed E-state index contributed by atoms with van der Waals surface area (Å²) in [5.41, 5.74) is 0.362. The van der Waals surface area contributed by atoms with E-state index in [0.717, 1.165) is 13.1 Å². The summed E-state index contributed by atoms with van der Waals surface area (Å²) >= 11 is 3.32. The van der Waals surface area contributed by atoms with Gasteiger partial charge in [0, 0.05) is 17.6 Å². The van der Waals surface area contributed by atoms with Crippen molar-refractivity contribution in [2.24, 2.45) is 17.0 Å². The molecule has 0 radical (unpaired) electrons. The average Bonchev–Trinajstić information content (AvgIpc) is 2.97. The molecule has 2 fully saturated rings. The number of nitrogens with zero attached hydrogens (tertiary/aromatic N) is 1. The molecule has 1 aliphatic heterocycles. The first-order valence-corrected chi connectivity index (χ1v) is 9.32. The molecule has 2 aliphatic rings. The van der Waals surface area contributed by atoms with Crippen LogP contribution in [0.1, 0.15) is 29.6 Å². The minimum Gasteiger partial charge on any atom is -0.338 e. The second-order valence-electron chi connectivity index (χ2n) is 5.85. The minimum atomic E-state index is -3.81. The highest BCUT2D eigenvalue weighted by Crippen LogP contribution is 2.38. The van der Waals surface area contributed by atoms with E-state index in [9.17, 15) is 13.2 Å². The van der Waals surface area contributed by atoms with Crippen LogP contribution in [0.4, 0.5) is 0 Å². The van der Waals surface area contributed by atoms with E-state index in [4.69, 9.17) is 5.14 Å². The zero-order valence-corrected chi connectivity index (χ0v) is 13.9. The second-order valence-corrected chi connectivity index (χ2v) is 8.26. The number of amides is 1. The average molecular weight is 373 g/mol. The van der Waals surface area contributed by atoms with Gasteiger partial charge in [-0.2, -0.15) is 0 Å². The van der Waals surface area contributed by atoms with E-state index in [2.05, 4.69) is 15.9 Å². The molecule has 3 rings (SSSR count). The van der Waals surface area contributed by atoms with Gasteiger partial charge in [0.15, 0.2) is 0 Å². The third-order valence-corrected chi connectivity index (χ3v) is 6.11. The van der Waals surface area contributed by atoms with Crippen molar-refractivity contribution in [1.82, 2.24) is 4.90 Å². The molecule has 1 saturated carbocycles. The summed E-state index contributed by atoms with van der Waals surface area (Å²) < 4.78 is 23.5. The second kappa shape index (κ2) is 5.37. The normalized spacial score (nSPS) is 25.1. The predicted octanol–water partition coefficient (Wildman–Crippen LogP) is 1.97. The maximum Gasteiger partial charge on any atom is 0.255 e. The van der Waals surface area contributed by atoms with E-state index >= 15 is 0 Å². The number of sulfonamides is 1. The molecule has 1 heterocycles. The highest BCUT2D eigenvalue weighted by molar-refractivity contribution is 9.10. The van der Waals surface area contributed by atoms with Crippen LogP contribution in [0, 0.1) is 11.8 Å². The number of nitrogens with two attached hydrogens (primary N) is 1. The van der Waals surface area contributed by atoms with Crippen LogP contribution in [-0.4, -0.2) is 32.3 Å². The molecule has 2 N–H and O–H groups in total. The number of primary sulfonamides is 1. The maximum atomic E-state index is 12.6. The number of carbonyl (C=O) groups is 1. The van der Waals surface area contributed by atoms with Crippen LogP contribution in [0.25, 0.3) is 0 Å². The van der Waals surface area contributed by atoms with Crippen molar-refractivity contribution in [3.05, 3.63) is 28.2 Å². The van der Waals surface area contributed by atoms with Crippen LogP contribution in [0.15, 0.2) is 27.6 Å². The van der Waals surface area contributed by atoms with Gasteiger partial charge in [-0.1, -0.05) is 6.42 Å². The van der Waals surface area contributed by atoms with Crippen molar-refractivity contribution in [2.45, 2.75) is 24.2 Å². The molecule has 1 aromatic rings. The molecular formula is C14H17BrN2O3S. The number of fused-ring (bicyclic) bond motifs is 1. The van der Waals surface area contributed by atoms with Crippen molar-refractivity contribution in [3.8, 4) is 0 Å². The molecular weight excluding hydrogens is 356 g/mol. The van der Waals surface area contributed by atoms with Crippen molar-refractivity contribution < 1.29 is 13.2 Å². The number of halogens is 1. The molecule has 0 aromatic heterocycles. The lowest BCUT2D eigenvalue weighted by Crippen LogP contribution is -2.30. The minimum absolute atomic E-state index is 0.0339. The molecule has 114 valence electrons. The topological polar surface area (TPSA) is 80.5 Å². The van der Waals surface area contributed by atoms with Gasteiger partial charge in [-0.25, -0.2) is 13.6 Å². The van der Waals surface area contributed by atoms with Crippen LogP contribution < -0.4 is 5.14 Å². The van der Waals surface area contributed by atoms with Crippen molar-refractivity contribution in [1.29, 1.82) is 0 Å². The zero-order chi connectivity index (χ0) is 15.2. The lowest BCUT2D eigenvalue weighted by atomic mass is 10.0. The Balaban J connectivity index is 1.88. The fourth-order valence-electron chi connectivity index (χ4n) is 3.42. The third kappa shape index (κ3) is 2.86. The number of rotatable bonds is 2. The van der Waals surface area contributed by atoms with Crippen LogP contribution in [0.2, 0.25) is 0 Å². The van der Waals surface area contributed by atoms with Crippen LogP contribution in [-0.2, 0) is 10.0 Å². The molecule has 0 spiro atoms. The van der Waals surface area contributed by atoms with Gasteiger partial charge in [-0.15, -0.1) is 0 Å². The summed E-state index contributed by atoms with van der Waals surface area (Å²) in [6, 6.07) is 4.31. The summed E-state index contributed by atoms with van der Waals surface area (Å²) in [5.74, 6) is 1.09. The Morgan fingerprint density at radius 2 is 1.86 bits per heavy atom. The van der Waals surface area contributed by atoms with Crippen molar-refractivity contribution in [3.63, 3.8) is 0 Å². The van der Waals surface area contributed by atoms with Gasteiger partial charge in [0.1, 0.15) is 0 Å². The summed E-state index contributed by atoms with van der Waals surface area (Å²) in [6.45, 7) is 1.55. The van der Waals surface area contributed by atoms with Gasteiger partial charge >= 0.3 is 0 Å². The van der Waals surface area contributed by atoms with Gasteiger partial charge in [0.05, 0.1) is 10.5 Å². The SMILES string of the molecule is NS(=O)(=O)c1ccc(Br)c(C(=O)N2CC3CCCC3C2)c1. The largest absolute Gasteiger partial charge is 0.338 e. The first-order chi connectivity index (χ1) is 9.86. The van der Waals surface area contributed by atoms with Gasteiger partial charge in [0.2, 0.25) is 10.0 Å². The molecule has 21 heavy (non-hydrogen) atoms. The predicted molar refractivity (Wildman–Crippen MR) is 82.2 cm³/mol. The van der Waals surface area contributed by atoms with Crippen LogP contribution in [0.3, 0.4) is 0 Å². The number of benzene rings is 1. The molecule has 5 nitrogen and oxygen atoms in total. The highest BCUT2D eigenvalue weighted by Gasteiger charge is 2.38. The number of hydrogen-bond donors (Lipinski definition) is 1. The first kappa shape index (κ1) is 15.0. The molecule has 1 aromatic carbocycles. The van der Waals surface area contributed by atoms with Crippen molar-refractivity contribution in [2.75, 3.05) is 13.1 Å². The maximum absolute atomic E-state index is 12.6. The number of carbonyl (C=O) groups excluding carboxylic acids is 1. The summed E-state index contributed by atoms with van der Waals surface area (Å²) in [6.07, 6.45) is 3.63. The highest BCUT2D eigenvalue weighted by atomic mass is 79.9. The molecule has 1 saturated heterocycles. The van der Waals surface area contributed by atoms with E-state index in [1.54, 1.807) is 6.07 Å². The smallest absolute Gasteiger partial charge is 0.255 e. The Hall–Kier alpha value is -0.920. The van der Waals surface area contributed by atoms with Crippen LogP contribution >= 0.6 is 15.9 Å². The van der Waals surface area contributed by atoms with Crippen molar-refractivity contribution >= 4 is 31.9 Å². The van der Waals surface area contributed by atoms with E-state index in [-0.39, 0.29) is 10.8 Å². The summed E-state index contributed by atoms with van der Waals surface area (Å²) in [5, 5.41) is 5.14. The van der Waals surface area contributed by atoms with Gasteiger partial charge < -0.3 is 4.90 Å². The Morgan fingerprint density at radius 1 is 1.24 bits per heavy atom. The summed E-state index contributed by atoms with van der Waals surface area (Å²) in [7, 11) is -3.81. The Labute approximate surface area is 132 Å².